The number of aliphatic hydroxyl groups is 1. The van der Waals surface area contributed by atoms with Gasteiger partial charge in [0.2, 0.25) is 0 Å². The molecule has 1 aliphatic rings. The molecule has 0 saturated carbocycles. The van der Waals surface area contributed by atoms with Crippen LogP contribution in [0.2, 0.25) is 0 Å². The minimum absolute atomic E-state index is 0.154. The molecule has 1 saturated heterocycles. The molecule has 2 rings (SSSR count). The molecule has 1 aliphatic heterocycles. The van der Waals surface area contributed by atoms with E-state index in [0.29, 0.717) is 0 Å². The first-order valence-corrected chi connectivity index (χ1v) is 3.61. The maximum atomic E-state index is 9.01. The van der Waals surface area contributed by atoms with E-state index in [-0.39, 0.29) is 6.10 Å². The Balaban J connectivity index is 2.08. The fourth-order valence-electron chi connectivity index (χ4n) is 1.17. The van der Waals surface area contributed by atoms with Crippen LogP contribution in [0, 0.1) is 6.20 Å². The van der Waals surface area contributed by atoms with Crippen molar-refractivity contribution in [3.05, 3.63) is 24.5 Å². The first-order chi connectivity index (χ1) is 5.36. The van der Waals surface area contributed by atoms with Crippen molar-refractivity contribution in [1.82, 2.24) is 4.98 Å². The van der Waals surface area contributed by atoms with Crippen molar-refractivity contribution >= 4 is 5.69 Å². The Hall–Kier alpha value is -1.09. The van der Waals surface area contributed by atoms with E-state index in [1.54, 1.807) is 12.3 Å². The molecule has 1 aromatic rings. The zero-order valence-corrected chi connectivity index (χ0v) is 6.07. The van der Waals surface area contributed by atoms with Crippen LogP contribution in [0.1, 0.15) is 0 Å². The molecule has 0 amide bonds. The van der Waals surface area contributed by atoms with Gasteiger partial charge in [-0.2, -0.15) is 0 Å². The van der Waals surface area contributed by atoms with E-state index in [4.69, 9.17) is 5.11 Å². The standard InChI is InChI=1S/C8H9N2O/c11-8-5-10(6-8)7-2-1-3-9-4-7/h1-2,4,8,11H,5-6H2. The smallest absolute Gasteiger partial charge is 0.0889 e. The zero-order chi connectivity index (χ0) is 7.68. The molecule has 57 valence electrons. The Morgan fingerprint density at radius 2 is 2.45 bits per heavy atom. The van der Waals surface area contributed by atoms with Gasteiger partial charge in [-0.1, -0.05) is 0 Å². The maximum absolute atomic E-state index is 9.01. The van der Waals surface area contributed by atoms with Gasteiger partial charge in [0.15, 0.2) is 0 Å². The van der Waals surface area contributed by atoms with Gasteiger partial charge >= 0.3 is 0 Å². The quantitative estimate of drug-likeness (QED) is 0.613. The number of aromatic nitrogens is 1. The molecule has 0 aliphatic carbocycles. The lowest BCUT2D eigenvalue weighted by atomic mass is 10.1. The van der Waals surface area contributed by atoms with Gasteiger partial charge in [0.25, 0.3) is 0 Å². The van der Waals surface area contributed by atoms with Crippen LogP contribution >= 0.6 is 0 Å². The van der Waals surface area contributed by atoms with Crippen molar-refractivity contribution in [2.75, 3.05) is 18.0 Å². The van der Waals surface area contributed by atoms with Crippen LogP contribution in [0.25, 0.3) is 0 Å². The third-order valence-electron chi connectivity index (χ3n) is 1.83. The normalized spacial score (nSPS) is 18.1. The molecule has 1 aromatic heterocycles. The van der Waals surface area contributed by atoms with Crippen LogP contribution in [0.15, 0.2) is 18.3 Å². The summed E-state index contributed by atoms with van der Waals surface area (Å²) in [6, 6.07) is 3.72. The van der Waals surface area contributed by atoms with Gasteiger partial charge in [0.05, 0.1) is 24.2 Å². The SMILES string of the molecule is OC1CN(c2cc[c]nc2)C1. The molecule has 3 nitrogen and oxygen atoms in total. The molecule has 0 unspecified atom stereocenters. The Morgan fingerprint density at radius 1 is 1.64 bits per heavy atom. The van der Waals surface area contributed by atoms with Crippen molar-refractivity contribution in [3.63, 3.8) is 0 Å². The minimum atomic E-state index is -0.154. The highest BCUT2D eigenvalue weighted by Crippen LogP contribution is 2.18. The molecule has 1 fully saturated rings. The summed E-state index contributed by atoms with van der Waals surface area (Å²) in [4.78, 5) is 5.94. The molecule has 1 N–H and O–H groups in total. The summed E-state index contributed by atoms with van der Waals surface area (Å²) in [6.45, 7) is 1.46. The van der Waals surface area contributed by atoms with E-state index in [2.05, 4.69) is 16.1 Å². The molecule has 1 radical (unpaired) electrons. The monoisotopic (exact) mass is 149 g/mol. The summed E-state index contributed by atoms with van der Waals surface area (Å²) in [5.74, 6) is 0. The predicted molar refractivity (Wildman–Crippen MR) is 41.3 cm³/mol. The van der Waals surface area contributed by atoms with Gasteiger partial charge in [0.1, 0.15) is 0 Å². The van der Waals surface area contributed by atoms with Crippen molar-refractivity contribution in [2.45, 2.75) is 6.10 Å². The average molecular weight is 149 g/mol. The second-order valence-electron chi connectivity index (χ2n) is 2.70. The number of hydrogen-bond acceptors (Lipinski definition) is 3. The Bertz CT molecular complexity index is 231. The van der Waals surface area contributed by atoms with Gasteiger partial charge in [-0.3, -0.25) is 4.98 Å². The molecule has 11 heavy (non-hydrogen) atoms. The predicted octanol–water partition coefficient (Wildman–Crippen LogP) is 0.0627. The number of β-amino-alcohol motifs (C(OH)–C–C–N with tert-alkyl or cyclic N) is 1. The molecule has 0 aromatic carbocycles. The summed E-state index contributed by atoms with van der Waals surface area (Å²) >= 11 is 0. The maximum Gasteiger partial charge on any atom is 0.0889 e. The van der Waals surface area contributed by atoms with Crippen LogP contribution in [-0.2, 0) is 0 Å². The van der Waals surface area contributed by atoms with E-state index in [0.717, 1.165) is 18.8 Å². The van der Waals surface area contributed by atoms with Crippen molar-refractivity contribution < 1.29 is 5.11 Å². The Labute approximate surface area is 65.3 Å². The zero-order valence-electron chi connectivity index (χ0n) is 6.07. The van der Waals surface area contributed by atoms with Crippen LogP contribution in [0.5, 0.6) is 0 Å². The number of aliphatic hydroxyl groups excluding tert-OH is 1. The first-order valence-electron chi connectivity index (χ1n) is 3.61. The summed E-state index contributed by atoms with van der Waals surface area (Å²) < 4.78 is 0. The van der Waals surface area contributed by atoms with Gasteiger partial charge in [0, 0.05) is 13.1 Å². The van der Waals surface area contributed by atoms with E-state index in [1.165, 1.54) is 0 Å². The Morgan fingerprint density at radius 3 is 3.00 bits per heavy atom. The lowest BCUT2D eigenvalue weighted by Gasteiger charge is -2.37. The highest BCUT2D eigenvalue weighted by atomic mass is 16.3. The lowest BCUT2D eigenvalue weighted by molar-refractivity contribution is 0.142. The molecule has 2 heterocycles. The van der Waals surface area contributed by atoms with Gasteiger partial charge in [-0.15, -0.1) is 0 Å². The van der Waals surface area contributed by atoms with E-state index in [1.807, 2.05) is 6.07 Å². The van der Waals surface area contributed by atoms with Crippen LogP contribution in [0.4, 0.5) is 5.69 Å². The Kier molecular flexibility index (Phi) is 1.51. The van der Waals surface area contributed by atoms with Crippen molar-refractivity contribution in [3.8, 4) is 0 Å². The third kappa shape index (κ3) is 1.19. The summed E-state index contributed by atoms with van der Waals surface area (Å²) in [7, 11) is 0. The second kappa shape index (κ2) is 2.51. The molecule has 0 spiro atoms. The molecule has 3 heteroatoms. The van der Waals surface area contributed by atoms with Gasteiger partial charge in [-0.05, 0) is 12.1 Å². The highest BCUT2D eigenvalue weighted by molar-refractivity contribution is 5.46. The number of nitrogens with zero attached hydrogens (tertiary/aromatic N) is 2. The fraction of sp³-hybridized carbons (Fsp3) is 0.375. The summed E-state index contributed by atoms with van der Waals surface area (Å²) in [6.07, 6.45) is 4.31. The van der Waals surface area contributed by atoms with Crippen molar-refractivity contribution in [1.29, 1.82) is 0 Å². The molecule has 0 atom stereocenters. The number of anilines is 1. The summed E-state index contributed by atoms with van der Waals surface area (Å²) in [5.41, 5.74) is 1.06. The van der Waals surface area contributed by atoms with Gasteiger partial charge in [-0.25, -0.2) is 0 Å². The van der Waals surface area contributed by atoms with Crippen LogP contribution in [0.3, 0.4) is 0 Å². The van der Waals surface area contributed by atoms with E-state index >= 15 is 0 Å². The van der Waals surface area contributed by atoms with Crippen LogP contribution in [-0.4, -0.2) is 29.3 Å². The van der Waals surface area contributed by atoms with E-state index in [9.17, 15) is 0 Å². The second-order valence-corrected chi connectivity index (χ2v) is 2.70. The fourth-order valence-corrected chi connectivity index (χ4v) is 1.17. The summed E-state index contributed by atoms with van der Waals surface area (Å²) in [5, 5.41) is 9.01. The number of rotatable bonds is 1. The minimum Gasteiger partial charge on any atom is -0.389 e. The van der Waals surface area contributed by atoms with E-state index < -0.39 is 0 Å². The number of pyridine rings is 1. The molecule has 0 bridgehead atoms. The third-order valence-corrected chi connectivity index (χ3v) is 1.83. The topological polar surface area (TPSA) is 36.4 Å². The average Bonchev–Trinajstić information content (AvgIpc) is 2.01. The van der Waals surface area contributed by atoms with Crippen molar-refractivity contribution in [2.24, 2.45) is 0 Å². The molecular formula is C8H9N2O. The van der Waals surface area contributed by atoms with Gasteiger partial charge < -0.3 is 10.0 Å². The lowest BCUT2D eigenvalue weighted by Crippen LogP contribution is -2.50. The highest BCUT2D eigenvalue weighted by Gasteiger charge is 2.24. The number of hydrogen-bond donors (Lipinski definition) is 1. The van der Waals surface area contributed by atoms with Crippen LogP contribution < -0.4 is 4.90 Å². The largest absolute Gasteiger partial charge is 0.389 e. The molecular weight excluding hydrogens is 140 g/mol. The first kappa shape index (κ1) is 6.61.